The molecule has 0 saturated carbocycles. The number of aryl methyl sites for hydroxylation is 2. The van der Waals surface area contributed by atoms with Gasteiger partial charge in [0, 0.05) is 51.5 Å². The zero-order chi connectivity index (χ0) is 33.6. The second kappa shape index (κ2) is 12.7. The first-order valence-corrected chi connectivity index (χ1v) is 16.3. The molecule has 7 nitrogen and oxygen atoms in total. The number of carbonyl (C=O) groups is 1. The Morgan fingerprint density at radius 1 is 1.04 bits per heavy atom. The average Bonchev–Trinajstić information content (AvgIpc) is 3.62. The minimum atomic E-state index is -2.78. The summed E-state index contributed by atoms with van der Waals surface area (Å²) in [5, 5.41) is 6.17. The third-order valence-corrected chi connectivity index (χ3v) is 9.11. The van der Waals surface area contributed by atoms with Crippen molar-refractivity contribution in [1.29, 1.82) is 0 Å². The Morgan fingerprint density at radius 3 is 2.45 bits per heavy atom. The van der Waals surface area contributed by atoms with E-state index in [1.165, 1.54) is 17.5 Å². The fourth-order valence-electron chi connectivity index (χ4n) is 5.67. The molecule has 0 N–H and O–H groups in total. The highest BCUT2D eigenvalue weighted by atomic mass is 35.5. The summed E-state index contributed by atoms with van der Waals surface area (Å²) in [5.41, 5.74) is 5.07. The Labute approximate surface area is 280 Å². The van der Waals surface area contributed by atoms with Gasteiger partial charge in [0.2, 0.25) is 0 Å². The van der Waals surface area contributed by atoms with Crippen molar-refractivity contribution in [2.75, 3.05) is 6.61 Å². The van der Waals surface area contributed by atoms with Gasteiger partial charge in [-0.05, 0) is 82.1 Å². The van der Waals surface area contributed by atoms with Crippen molar-refractivity contribution in [3.05, 3.63) is 88.7 Å². The maximum Gasteiger partial charge on any atom is 0.339 e. The summed E-state index contributed by atoms with van der Waals surface area (Å²) in [5.74, 6) is -0.519. The summed E-state index contributed by atoms with van der Waals surface area (Å²) in [6.07, 6.45) is -0.853. The third kappa shape index (κ3) is 6.50. The van der Waals surface area contributed by atoms with E-state index < -0.39 is 24.1 Å². The number of nitrogens with zero attached hydrogens (tertiary/aromatic N) is 4. The van der Waals surface area contributed by atoms with Crippen LogP contribution in [0.4, 0.5) is 8.78 Å². The number of aromatic nitrogens is 4. The van der Waals surface area contributed by atoms with Gasteiger partial charge in [0.15, 0.2) is 6.10 Å². The molecule has 6 rings (SSSR count). The Kier molecular flexibility index (Phi) is 8.86. The highest BCUT2D eigenvalue weighted by Crippen LogP contribution is 2.46. The Hall–Kier alpha value is -4.25. The van der Waals surface area contributed by atoms with Gasteiger partial charge < -0.3 is 9.47 Å². The van der Waals surface area contributed by atoms with E-state index in [2.05, 4.69) is 10.1 Å². The van der Waals surface area contributed by atoms with Crippen LogP contribution in [0.3, 0.4) is 0 Å². The number of rotatable bonds is 8. The van der Waals surface area contributed by atoms with Crippen molar-refractivity contribution >= 4 is 50.0 Å². The largest absolute Gasteiger partial charge is 0.464 e. The molecule has 6 aromatic rings. The van der Waals surface area contributed by atoms with Crippen molar-refractivity contribution in [3.8, 4) is 33.0 Å². The van der Waals surface area contributed by atoms with E-state index in [1.807, 2.05) is 71.1 Å². The predicted octanol–water partition coefficient (Wildman–Crippen LogP) is 9.90. The van der Waals surface area contributed by atoms with Gasteiger partial charge in [-0.25, -0.2) is 18.6 Å². The molecule has 0 spiro atoms. The van der Waals surface area contributed by atoms with E-state index in [0.29, 0.717) is 37.1 Å². The molecule has 0 aliphatic heterocycles. The van der Waals surface area contributed by atoms with Crippen molar-refractivity contribution < 1.29 is 23.0 Å². The lowest BCUT2D eigenvalue weighted by Crippen LogP contribution is -2.29. The topological polar surface area (TPSA) is 79.1 Å². The van der Waals surface area contributed by atoms with Gasteiger partial charge in [-0.15, -0.1) is 11.3 Å². The van der Waals surface area contributed by atoms with Crippen LogP contribution in [0.25, 0.3) is 54.1 Å². The molecule has 3 aromatic carbocycles. The lowest BCUT2D eigenvalue weighted by atomic mass is 9.91. The van der Waals surface area contributed by atoms with Gasteiger partial charge in [0.25, 0.3) is 6.43 Å². The number of hydrogen-bond acceptors (Lipinski definition) is 7. The summed E-state index contributed by atoms with van der Waals surface area (Å²) in [6, 6.07) is 16.6. The zero-order valence-corrected chi connectivity index (χ0v) is 28.3. The van der Waals surface area contributed by atoms with Crippen molar-refractivity contribution in [1.82, 2.24) is 19.7 Å². The van der Waals surface area contributed by atoms with Crippen LogP contribution in [0.5, 0.6) is 0 Å². The van der Waals surface area contributed by atoms with E-state index in [9.17, 15) is 13.6 Å². The molecule has 0 saturated heterocycles. The van der Waals surface area contributed by atoms with Gasteiger partial charge >= 0.3 is 5.97 Å². The molecule has 0 aliphatic carbocycles. The second-order valence-corrected chi connectivity index (χ2v) is 13.7. The number of benzene rings is 3. The normalized spacial score (nSPS) is 12.7. The Morgan fingerprint density at radius 2 is 1.77 bits per heavy atom. The fraction of sp³-hybridized carbons (Fsp3) is 0.278. The molecule has 0 unspecified atom stereocenters. The maximum atomic E-state index is 14.5. The van der Waals surface area contributed by atoms with Crippen molar-refractivity contribution in [3.63, 3.8) is 0 Å². The molecule has 0 fully saturated rings. The molecule has 3 aromatic heterocycles. The number of ether oxygens (including phenoxy) is 2. The second-order valence-electron chi connectivity index (χ2n) is 12.2. The maximum absolute atomic E-state index is 14.5. The third-order valence-electron chi connectivity index (χ3n) is 7.74. The van der Waals surface area contributed by atoms with Crippen LogP contribution in [-0.4, -0.2) is 37.9 Å². The quantitative estimate of drug-likeness (QED) is 0.150. The molecular formula is C36H33ClF2N4O3S. The lowest BCUT2D eigenvalue weighted by Gasteiger charge is -2.29. The minimum absolute atomic E-state index is 0.180. The molecule has 0 bridgehead atoms. The lowest BCUT2D eigenvalue weighted by molar-refractivity contribution is -0.166. The monoisotopic (exact) mass is 674 g/mol. The number of pyridine rings is 1. The number of halogens is 3. The molecular weight excluding hydrogens is 642 g/mol. The number of carbonyl (C=O) groups excluding carboxylic acids is 1. The van der Waals surface area contributed by atoms with Crippen LogP contribution < -0.4 is 0 Å². The number of fused-ring (bicyclic) bond motifs is 2. The standard InChI is InChI=1S/C36H33ClF2N4O3S/c1-7-45-35(44)31(46-36(3,4)5)29-19(2)14-27-32(30(29)20-8-11-23(37)12-9-20)47-34(42-27)24-16-26(40-18-25(24)33(38)39)21-10-13-28-22(15-21)17-41-43(28)6/h8-18,31,33H,7H2,1-6H3/t31-/m0/s1. The number of hydrogen-bond donors (Lipinski definition) is 0. The van der Waals surface area contributed by atoms with Gasteiger partial charge in [-0.3, -0.25) is 9.67 Å². The van der Waals surface area contributed by atoms with E-state index in [0.717, 1.165) is 27.6 Å². The van der Waals surface area contributed by atoms with Crippen LogP contribution in [0.2, 0.25) is 5.02 Å². The summed E-state index contributed by atoms with van der Waals surface area (Å²) < 4.78 is 43.3. The van der Waals surface area contributed by atoms with Crippen LogP contribution >= 0.6 is 22.9 Å². The van der Waals surface area contributed by atoms with Crippen LogP contribution in [-0.2, 0) is 21.3 Å². The van der Waals surface area contributed by atoms with Crippen LogP contribution in [0.1, 0.15) is 56.9 Å². The summed E-state index contributed by atoms with van der Waals surface area (Å²) in [6.45, 7) is 9.43. The summed E-state index contributed by atoms with van der Waals surface area (Å²) in [7, 11) is 1.86. The highest BCUT2D eigenvalue weighted by Gasteiger charge is 2.34. The highest BCUT2D eigenvalue weighted by molar-refractivity contribution is 7.22. The first-order valence-electron chi connectivity index (χ1n) is 15.1. The zero-order valence-electron chi connectivity index (χ0n) is 26.8. The molecule has 242 valence electrons. The predicted molar refractivity (Wildman–Crippen MR) is 183 cm³/mol. The van der Waals surface area contributed by atoms with Gasteiger partial charge in [0.05, 0.1) is 39.8 Å². The molecule has 0 aliphatic rings. The van der Waals surface area contributed by atoms with Gasteiger partial charge in [-0.1, -0.05) is 29.8 Å². The molecule has 1 atom stereocenters. The molecule has 0 radical (unpaired) electrons. The van der Waals surface area contributed by atoms with Crippen LogP contribution in [0.15, 0.2) is 67.0 Å². The van der Waals surface area contributed by atoms with Gasteiger partial charge in [-0.2, -0.15) is 5.10 Å². The van der Waals surface area contributed by atoms with E-state index in [-0.39, 0.29) is 17.7 Å². The Bertz CT molecular complexity index is 2120. The first kappa shape index (κ1) is 32.7. The molecule has 47 heavy (non-hydrogen) atoms. The summed E-state index contributed by atoms with van der Waals surface area (Å²) in [4.78, 5) is 22.8. The van der Waals surface area contributed by atoms with Crippen molar-refractivity contribution in [2.45, 2.75) is 52.7 Å². The Balaban J connectivity index is 1.59. The number of thiazole rings is 1. The van der Waals surface area contributed by atoms with E-state index >= 15 is 0 Å². The average molecular weight is 675 g/mol. The van der Waals surface area contributed by atoms with E-state index in [4.69, 9.17) is 26.1 Å². The minimum Gasteiger partial charge on any atom is -0.464 e. The SMILES string of the molecule is CCOC(=O)[C@@H](OC(C)(C)C)c1c(C)cc2nc(-c3cc(-c4ccc5c(cnn5C)c4)ncc3C(F)F)sc2c1-c1ccc(Cl)cc1. The van der Waals surface area contributed by atoms with Crippen molar-refractivity contribution in [2.24, 2.45) is 7.05 Å². The molecule has 0 amide bonds. The summed E-state index contributed by atoms with van der Waals surface area (Å²) >= 11 is 7.54. The number of alkyl halides is 2. The number of esters is 1. The molecule has 3 heterocycles. The first-order chi connectivity index (χ1) is 22.3. The van der Waals surface area contributed by atoms with E-state index in [1.54, 1.807) is 36.0 Å². The smallest absolute Gasteiger partial charge is 0.339 e. The fourth-order valence-corrected chi connectivity index (χ4v) is 6.96. The molecule has 11 heteroatoms. The van der Waals surface area contributed by atoms with Crippen LogP contribution in [0, 0.1) is 6.92 Å². The van der Waals surface area contributed by atoms with Gasteiger partial charge in [0.1, 0.15) is 5.01 Å².